The summed E-state index contributed by atoms with van der Waals surface area (Å²) in [6.45, 7) is 4.02. The van der Waals surface area contributed by atoms with Crippen LogP contribution in [0.5, 0.6) is 5.75 Å². The molecular weight excluding hydrogens is 485 g/mol. The second kappa shape index (κ2) is 10.8. The summed E-state index contributed by atoms with van der Waals surface area (Å²) in [7, 11) is 4.06. The highest BCUT2D eigenvalue weighted by Gasteiger charge is 2.26. The lowest BCUT2D eigenvalue weighted by molar-refractivity contribution is 0.0990. The van der Waals surface area contributed by atoms with E-state index in [0.717, 1.165) is 39.0 Å². The molecule has 0 saturated heterocycles. The quantitative estimate of drug-likeness (QED) is 0.269. The van der Waals surface area contributed by atoms with Crippen LogP contribution in [0.3, 0.4) is 0 Å². The first-order chi connectivity index (χ1) is 15.0. The largest absolute Gasteiger partial charge is 0.494 e. The number of rotatable bonds is 8. The summed E-state index contributed by atoms with van der Waals surface area (Å²) in [5.41, 5.74) is 0.858. The van der Waals surface area contributed by atoms with Crippen molar-refractivity contribution in [1.29, 1.82) is 0 Å². The van der Waals surface area contributed by atoms with E-state index in [1.807, 2.05) is 63.5 Å². The van der Waals surface area contributed by atoms with Crippen LogP contribution < -0.4 is 9.64 Å². The van der Waals surface area contributed by atoms with E-state index in [4.69, 9.17) is 21.3 Å². The van der Waals surface area contributed by atoms with Gasteiger partial charge >= 0.3 is 0 Å². The molecule has 4 rings (SSSR count). The zero-order chi connectivity index (χ0) is 22.0. The summed E-state index contributed by atoms with van der Waals surface area (Å²) in [4.78, 5) is 22.8. The number of anilines is 1. The summed E-state index contributed by atoms with van der Waals surface area (Å²) in [5, 5.41) is 2.11. The predicted molar refractivity (Wildman–Crippen MR) is 140 cm³/mol. The molecule has 0 atom stereocenters. The van der Waals surface area contributed by atoms with Crippen molar-refractivity contribution in [3.8, 4) is 5.75 Å². The van der Waals surface area contributed by atoms with Gasteiger partial charge in [-0.05, 0) is 58.3 Å². The zero-order valence-electron chi connectivity index (χ0n) is 18.1. The third-order valence-corrected chi connectivity index (χ3v) is 7.56. The van der Waals surface area contributed by atoms with Crippen molar-refractivity contribution in [3.63, 3.8) is 0 Å². The standard InChI is InChI=1S/C23H24ClN3O2S2.ClH/c1-4-29-15-10-11-17-19(14-15)31-23(25-17)27(13-7-12-26(2)3)22(28)21-20(24)16-8-5-6-9-18(16)30-21;/h5-6,8-11,14H,4,7,12-13H2,1-3H3;1H. The first-order valence-electron chi connectivity index (χ1n) is 10.1. The Morgan fingerprint density at radius 1 is 1.09 bits per heavy atom. The first-order valence-corrected chi connectivity index (χ1v) is 12.2. The van der Waals surface area contributed by atoms with Crippen molar-refractivity contribution in [2.45, 2.75) is 13.3 Å². The third-order valence-electron chi connectivity index (χ3n) is 4.85. The normalized spacial score (nSPS) is 11.2. The SMILES string of the molecule is CCOc1ccc2nc(N(CCCN(C)C)C(=O)c3sc4ccccc4c3Cl)sc2c1.Cl. The van der Waals surface area contributed by atoms with E-state index >= 15 is 0 Å². The van der Waals surface area contributed by atoms with Crippen LogP contribution in [0.25, 0.3) is 20.3 Å². The van der Waals surface area contributed by atoms with Gasteiger partial charge in [0.1, 0.15) is 10.6 Å². The Morgan fingerprint density at radius 3 is 2.59 bits per heavy atom. The lowest BCUT2D eigenvalue weighted by Gasteiger charge is -2.20. The molecule has 0 radical (unpaired) electrons. The van der Waals surface area contributed by atoms with Gasteiger partial charge in [-0.25, -0.2) is 4.98 Å². The number of fused-ring (bicyclic) bond motifs is 2. The number of nitrogens with zero attached hydrogens (tertiary/aromatic N) is 3. The van der Waals surface area contributed by atoms with Crippen LogP contribution in [0, 0.1) is 0 Å². The minimum absolute atomic E-state index is 0. The van der Waals surface area contributed by atoms with Gasteiger partial charge in [0.25, 0.3) is 5.91 Å². The molecule has 0 fully saturated rings. The number of carbonyl (C=O) groups excluding carboxylic acids is 1. The molecule has 32 heavy (non-hydrogen) atoms. The highest BCUT2D eigenvalue weighted by atomic mass is 35.5. The van der Waals surface area contributed by atoms with Crippen LogP contribution in [-0.4, -0.2) is 49.6 Å². The summed E-state index contributed by atoms with van der Waals surface area (Å²) in [5.74, 6) is 0.706. The van der Waals surface area contributed by atoms with Crippen LogP contribution >= 0.6 is 46.7 Å². The van der Waals surface area contributed by atoms with E-state index in [-0.39, 0.29) is 18.3 Å². The molecule has 170 valence electrons. The van der Waals surface area contributed by atoms with E-state index in [2.05, 4.69) is 4.90 Å². The zero-order valence-corrected chi connectivity index (χ0v) is 21.3. The molecule has 0 unspecified atom stereocenters. The van der Waals surface area contributed by atoms with Gasteiger partial charge in [0.2, 0.25) is 0 Å². The van der Waals surface area contributed by atoms with Gasteiger partial charge in [-0.3, -0.25) is 9.69 Å². The van der Waals surface area contributed by atoms with Crippen LogP contribution in [0.2, 0.25) is 5.02 Å². The fourth-order valence-electron chi connectivity index (χ4n) is 3.37. The minimum Gasteiger partial charge on any atom is -0.494 e. The minimum atomic E-state index is -0.103. The number of thiazole rings is 1. The van der Waals surface area contributed by atoms with Gasteiger partial charge in [0, 0.05) is 16.6 Å². The highest BCUT2D eigenvalue weighted by molar-refractivity contribution is 7.23. The molecule has 0 saturated carbocycles. The third kappa shape index (κ3) is 5.18. The lowest BCUT2D eigenvalue weighted by atomic mass is 10.2. The molecule has 2 heterocycles. The average molecular weight is 511 g/mol. The Bertz CT molecular complexity index is 1220. The molecule has 0 aliphatic carbocycles. The van der Waals surface area contributed by atoms with Crippen molar-refractivity contribution >= 4 is 78.0 Å². The Hall–Kier alpha value is -1.90. The number of halogens is 2. The number of carbonyl (C=O) groups is 1. The van der Waals surface area contributed by atoms with Crippen LogP contribution in [-0.2, 0) is 0 Å². The summed E-state index contributed by atoms with van der Waals surface area (Å²) in [6, 6.07) is 13.7. The van der Waals surface area contributed by atoms with Gasteiger partial charge < -0.3 is 9.64 Å². The molecule has 0 spiro atoms. The lowest BCUT2D eigenvalue weighted by Crippen LogP contribution is -2.33. The van der Waals surface area contributed by atoms with Crippen molar-refractivity contribution in [2.75, 3.05) is 38.7 Å². The van der Waals surface area contributed by atoms with Gasteiger partial charge in [-0.15, -0.1) is 23.7 Å². The second-order valence-corrected chi connectivity index (χ2v) is 9.85. The fourth-order valence-corrected chi connectivity index (χ4v) is 5.85. The molecule has 2 aromatic carbocycles. The number of aromatic nitrogens is 1. The van der Waals surface area contributed by atoms with Gasteiger partial charge in [-0.1, -0.05) is 41.1 Å². The monoisotopic (exact) mass is 509 g/mol. The van der Waals surface area contributed by atoms with Crippen molar-refractivity contribution < 1.29 is 9.53 Å². The molecule has 1 amide bonds. The number of amides is 1. The number of hydrogen-bond acceptors (Lipinski definition) is 6. The van der Waals surface area contributed by atoms with Crippen LogP contribution in [0.1, 0.15) is 23.0 Å². The summed E-state index contributed by atoms with van der Waals surface area (Å²) in [6.07, 6.45) is 0.835. The average Bonchev–Trinajstić information content (AvgIpc) is 3.32. The summed E-state index contributed by atoms with van der Waals surface area (Å²) >= 11 is 9.56. The smallest absolute Gasteiger partial charge is 0.271 e. The Labute approximate surface area is 207 Å². The molecule has 2 aromatic heterocycles. The number of thiophene rings is 1. The Morgan fingerprint density at radius 2 is 1.88 bits per heavy atom. The van der Waals surface area contributed by atoms with Gasteiger partial charge in [-0.2, -0.15) is 0 Å². The number of ether oxygens (including phenoxy) is 1. The van der Waals surface area contributed by atoms with Crippen LogP contribution in [0.15, 0.2) is 42.5 Å². The molecule has 0 aliphatic rings. The molecule has 0 N–H and O–H groups in total. The number of hydrogen-bond donors (Lipinski definition) is 0. The van der Waals surface area contributed by atoms with E-state index in [1.165, 1.54) is 22.7 Å². The molecule has 5 nitrogen and oxygen atoms in total. The maximum absolute atomic E-state index is 13.6. The second-order valence-electron chi connectivity index (χ2n) is 7.41. The Kier molecular flexibility index (Phi) is 8.36. The van der Waals surface area contributed by atoms with E-state index in [9.17, 15) is 4.79 Å². The predicted octanol–water partition coefficient (Wildman–Crippen LogP) is 6.58. The van der Waals surface area contributed by atoms with E-state index in [1.54, 1.807) is 4.90 Å². The van der Waals surface area contributed by atoms with Crippen molar-refractivity contribution in [1.82, 2.24) is 9.88 Å². The molecular formula is C23H25Cl2N3O2S2. The molecule has 9 heteroatoms. The van der Waals surface area contributed by atoms with Crippen molar-refractivity contribution in [3.05, 3.63) is 52.4 Å². The maximum Gasteiger partial charge on any atom is 0.271 e. The summed E-state index contributed by atoms with van der Waals surface area (Å²) < 4.78 is 7.62. The first kappa shape index (κ1) is 24.7. The highest BCUT2D eigenvalue weighted by Crippen LogP contribution is 2.38. The van der Waals surface area contributed by atoms with Crippen molar-refractivity contribution in [2.24, 2.45) is 0 Å². The topological polar surface area (TPSA) is 45.7 Å². The van der Waals surface area contributed by atoms with Crippen LogP contribution in [0.4, 0.5) is 5.13 Å². The fraction of sp³-hybridized carbons (Fsp3) is 0.304. The van der Waals surface area contributed by atoms with E-state index in [0.29, 0.717) is 28.2 Å². The molecule has 0 bridgehead atoms. The van der Waals surface area contributed by atoms with Gasteiger partial charge in [0.05, 0.1) is 21.8 Å². The number of benzene rings is 2. The Balaban J connectivity index is 0.00000289. The molecule has 4 aromatic rings. The van der Waals surface area contributed by atoms with E-state index < -0.39 is 0 Å². The maximum atomic E-state index is 13.6. The van der Waals surface area contributed by atoms with Gasteiger partial charge in [0.15, 0.2) is 5.13 Å². The molecule has 0 aliphatic heterocycles.